The third-order valence-corrected chi connectivity index (χ3v) is 8.08. The molecule has 0 fully saturated rings. The number of carboxylic acid groups (broad SMARTS) is 1. The normalized spacial score (nSPS) is 12.8. The third-order valence-electron chi connectivity index (χ3n) is 8.08. The maximum absolute atomic E-state index is 12.2. The van der Waals surface area contributed by atoms with Gasteiger partial charge < -0.3 is 9.84 Å². The molecule has 0 aromatic carbocycles. The first kappa shape index (κ1) is 41.9. The molecule has 0 bridgehead atoms. The highest BCUT2D eigenvalue weighted by atomic mass is 16.6. The lowest BCUT2D eigenvalue weighted by Gasteiger charge is -2.13. The summed E-state index contributed by atoms with van der Waals surface area (Å²) in [7, 11) is 0. The van der Waals surface area contributed by atoms with Gasteiger partial charge in [0.15, 0.2) is 6.10 Å². The second-order valence-corrected chi connectivity index (χ2v) is 12.4. The molecular weight excluding hydrogens is 544 g/mol. The molecule has 0 aliphatic rings. The van der Waals surface area contributed by atoms with Crippen LogP contribution in [0, 0.1) is 0 Å². The second kappa shape index (κ2) is 35.4. The van der Waals surface area contributed by atoms with E-state index in [9.17, 15) is 14.7 Å². The van der Waals surface area contributed by atoms with Crippen LogP contribution in [-0.2, 0) is 14.3 Å². The van der Waals surface area contributed by atoms with E-state index >= 15 is 0 Å². The van der Waals surface area contributed by atoms with Gasteiger partial charge in [-0.25, -0.2) is 4.79 Å². The summed E-state index contributed by atoms with van der Waals surface area (Å²) in [4.78, 5) is 23.7. The van der Waals surface area contributed by atoms with E-state index in [0.717, 1.165) is 44.9 Å². The fraction of sp³-hybridized carbons (Fsp3) is 0.750. The Balaban J connectivity index is 3.68. The Hall–Kier alpha value is -2.10. The van der Waals surface area contributed by atoms with Crippen LogP contribution in [-0.4, -0.2) is 23.1 Å². The van der Waals surface area contributed by atoms with Gasteiger partial charge >= 0.3 is 11.9 Å². The van der Waals surface area contributed by atoms with Crippen molar-refractivity contribution < 1.29 is 19.4 Å². The van der Waals surface area contributed by atoms with Gasteiger partial charge in [-0.15, -0.1) is 0 Å². The fourth-order valence-corrected chi connectivity index (χ4v) is 5.25. The van der Waals surface area contributed by atoms with Crippen LogP contribution >= 0.6 is 0 Å². The molecule has 0 aromatic heterocycles. The topological polar surface area (TPSA) is 63.6 Å². The molecule has 0 aliphatic carbocycles. The highest BCUT2D eigenvalue weighted by Gasteiger charge is 2.21. The van der Waals surface area contributed by atoms with Crippen molar-refractivity contribution in [1.82, 2.24) is 0 Å². The lowest BCUT2D eigenvalue weighted by molar-refractivity contribution is -0.164. The summed E-state index contributed by atoms with van der Waals surface area (Å²) in [6.07, 6.45) is 47.1. The first-order valence-corrected chi connectivity index (χ1v) is 18.6. The molecule has 0 rings (SSSR count). The summed E-state index contributed by atoms with van der Waals surface area (Å²) in [5.74, 6) is -1.43. The van der Waals surface area contributed by atoms with Gasteiger partial charge in [0.05, 0.1) is 0 Å². The lowest BCUT2D eigenvalue weighted by Crippen LogP contribution is -2.26. The molecule has 1 unspecified atom stereocenters. The molecule has 0 saturated carbocycles. The number of aliphatic carboxylic acids is 1. The number of unbranched alkanes of at least 4 members (excludes halogenated alkanes) is 19. The summed E-state index contributed by atoms with van der Waals surface area (Å²) < 4.78 is 5.28. The zero-order valence-corrected chi connectivity index (χ0v) is 29.0. The van der Waals surface area contributed by atoms with Crippen LogP contribution in [0.2, 0.25) is 0 Å². The number of hydrogen-bond acceptors (Lipinski definition) is 3. The Kier molecular flexibility index (Phi) is 33.7. The van der Waals surface area contributed by atoms with Gasteiger partial charge in [0.1, 0.15) is 0 Å². The van der Waals surface area contributed by atoms with Crippen LogP contribution in [0.5, 0.6) is 0 Å². The third kappa shape index (κ3) is 32.8. The van der Waals surface area contributed by atoms with Crippen molar-refractivity contribution >= 4 is 11.9 Å². The molecule has 4 heteroatoms. The van der Waals surface area contributed by atoms with Gasteiger partial charge in [0.2, 0.25) is 0 Å². The summed E-state index contributed by atoms with van der Waals surface area (Å²) in [5, 5.41) is 9.47. The molecule has 0 heterocycles. The molecule has 0 spiro atoms. The maximum Gasteiger partial charge on any atom is 0.345 e. The minimum absolute atomic E-state index is 0.265. The lowest BCUT2D eigenvalue weighted by atomic mass is 10.0. The number of rotatable bonds is 33. The smallest absolute Gasteiger partial charge is 0.345 e. The maximum atomic E-state index is 12.2. The fourth-order valence-electron chi connectivity index (χ4n) is 5.25. The van der Waals surface area contributed by atoms with Crippen LogP contribution in [0.25, 0.3) is 0 Å². The van der Waals surface area contributed by atoms with Crippen LogP contribution in [0.15, 0.2) is 48.6 Å². The van der Waals surface area contributed by atoms with Crippen LogP contribution in [0.3, 0.4) is 0 Å². The average Bonchev–Trinajstić information content (AvgIpc) is 3.01. The van der Waals surface area contributed by atoms with Gasteiger partial charge in [-0.2, -0.15) is 0 Å². The number of carboxylic acids is 1. The van der Waals surface area contributed by atoms with Crippen LogP contribution in [0.4, 0.5) is 0 Å². The molecule has 1 N–H and O–H groups in total. The predicted molar refractivity (Wildman–Crippen MR) is 190 cm³/mol. The largest absolute Gasteiger partial charge is 0.479 e. The minimum Gasteiger partial charge on any atom is -0.479 e. The molecule has 0 radical (unpaired) electrons. The number of esters is 1. The molecule has 1 atom stereocenters. The van der Waals surface area contributed by atoms with Gasteiger partial charge in [-0.05, 0) is 57.8 Å². The summed E-state index contributed by atoms with van der Waals surface area (Å²) in [6.45, 7) is 4.50. The van der Waals surface area contributed by atoms with Crippen molar-refractivity contribution in [1.29, 1.82) is 0 Å². The summed E-state index contributed by atoms with van der Waals surface area (Å²) in [6, 6.07) is 0. The Labute approximate surface area is 272 Å². The monoisotopic (exact) mass is 615 g/mol. The zero-order valence-electron chi connectivity index (χ0n) is 29.0. The molecule has 0 aliphatic heterocycles. The van der Waals surface area contributed by atoms with Gasteiger partial charge in [0.25, 0.3) is 0 Å². The molecule has 0 saturated heterocycles. The number of hydrogen-bond donors (Lipinski definition) is 1. The van der Waals surface area contributed by atoms with Gasteiger partial charge in [-0.1, -0.05) is 172 Å². The quantitative estimate of drug-likeness (QED) is 0.0454. The number of carbonyl (C=O) groups is 2. The molecule has 44 heavy (non-hydrogen) atoms. The standard InChI is InChI=1S/C40H70O4/c1-3-5-7-9-11-13-15-17-19-21-23-25-27-29-31-33-35-37-39(41)44-38(40(42)43)36-34-32-30-28-26-24-22-20-18-16-14-12-10-8-6-4-2/h11,13,17,19,23,25,29,31,38H,3-10,12,14-16,18,20-22,24,26-28,30,32-37H2,1-2H3,(H,42,43)/b13-11-,19-17-,25-23-,31-29-. The average molecular weight is 615 g/mol. The van der Waals surface area contributed by atoms with E-state index in [1.54, 1.807) is 0 Å². The molecule has 4 nitrogen and oxygen atoms in total. The van der Waals surface area contributed by atoms with Gasteiger partial charge in [0, 0.05) is 6.42 Å². The molecular formula is C40H70O4. The highest BCUT2D eigenvalue weighted by Crippen LogP contribution is 2.15. The van der Waals surface area contributed by atoms with Crippen molar-refractivity contribution in [2.24, 2.45) is 0 Å². The predicted octanol–water partition coefficient (Wildman–Crippen LogP) is 12.8. The number of allylic oxidation sites excluding steroid dienone is 8. The van der Waals surface area contributed by atoms with E-state index in [0.29, 0.717) is 12.8 Å². The van der Waals surface area contributed by atoms with Crippen molar-refractivity contribution in [2.75, 3.05) is 0 Å². The Morgan fingerprint density at radius 3 is 1.30 bits per heavy atom. The van der Waals surface area contributed by atoms with E-state index in [4.69, 9.17) is 4.74 Å². The van der Waals surface area contributed by atoms with Crippen molar-refractivity contribution in [2.45, 2.75) is 193 Å². The number of ether oxygens (including phenoxy) is 1. The van der Waals surface area contributed by atoms with Crippen LogP contribution in [0.1, 0.15) is 187 Å². The van der Waals surface area contributed by atoms with Gasteiger partial charge in [-0.3, -0.25) is 4.79 Å². The van der Waals surface area contributed by atoms with E-state index in [2.05, 4.69) is 62.5 Å². The zero-order chi connectivity index (χ0) is 32.2. The number of carbonyl (C=O) groups excluding carboxylic acids is 1. The Morgan fingerprint density at radius 2 is 0.864 bits per heavy atom. The Bertz CT molecular complexity index is 748. The van der Waals surface area contributed by atoms with E-state index in [1.165, 1.54) is 109 Å². The first-order valence-electron chi connectivity index (χ1n) is 18.6. The highest BCUT2D eigenvalue weighted by molar-refractivity contribution is 5.77. The second-order valence-electron chi connectivity index (χ2n) is 12.4. The Morgan fingerprint density at radius 1 is 0.500 bits per heavy atom. The van der Waals surface area contributed by atoms with Crippen molar-refractivity contribution in [3.63, 3.8) is 0 Å². The van der Waals surface area contributed by atoms with E-state index < -0.39 is 18.0 Å². The first-order chi connectivity index (χ1) is 21.6. The van der Waals surface area contributed by atoms with E-state index in [1.807, 2.05) is 0 Å². The van der Waals surface area contributed by atoms with E-state index in [-0.39, 0.29) is 6.42 Å². The molecule has 0 aromatic rings. The molecule has 0 amide bonds. The SMILES string of the molecule is CCCCC/C=C\C/C=C\C/C=C\C/C=C\CCCC(=O)OC(CCCCCCCCCCCCCCCCCC)C(=O)O. The molecule has 254 valence electrons. The van der Waals surface area contributed by atoms with Crippen molar-refractivity contribution in [3.05, 3.63) is 48.6 Å². The minimum atomic E-state index is -1.03. The summed E-state index contributed by atoms with van der Waals surface area (Å²) in [5.41, 5.74) is 0. The van der Waals surface area contributed by atoms with Crippen LogP contribution < -0.4 is 0 Å². The summed E-state index contributed by atoms with van der Waals surface area (Å²) >= 11 is 0. The van der Waals surface area contributed by atoms with Crippen molar-refractivity contribution in [3.8, 4) is 0 Å².